The maximum absolute atomic E-state index is 13.5. The summed E-state index contributed by atoms with van der Waals surface area (Å²) in [4.78, 5) is 8.96. The lowest BCUT2D eigenvalue weighted by atomic mass is 10.2. The summed E-state index contributed by atoms with van der Waals surface area (Å²) in [5.41, 5.74) is 3.08. The van der Waals surface area contributed by atoms with Gasteiger partial charge < -0.3 is 10.1 Å². The Kier molecular flexibility index (Phi) is 3.32. The second-order valence-corrected chi connectivity index (χ2v) is 5.23. The maximum Gasteiger partial charge on any atom is 0.139 e. The molecule has 1 aliphatic rings. The first-order valence-electron chi connectivity index (χ1n) is 7.23. The van der Waals surface area contributed by atoms with Crippen LogP contribution >= 0.6 is 0 Å². The summed E-state index contributed by atoms with van der Waals surface area (Å²) < 4.78 is 20.9. The van der Waals surface area contributed by atoms with Crippen molar-refractivity contribution >= 4 is 5.65 Å². The number of imidazole rings is 1. The number of hydrogen-bond donors (Lipinski definition) is 1. The maximum atomic E-state index is 13.5. The smallest absolute Gasteiger partial charge is 0.139 e. The predicted octanol–water partition coefficient (Wildman–Crippen LogP) is 2.20. The molecule has 0 amide bonds. The first-order chi connectivity index (χ1) is 10.8. The van der Waals surface area contributed by atoms with Crippen LogP contribution in [0.2, 0.25) is 0 Å². The third-order valence-electron chi connectivity index (χ3n) is 3.76. The minimum absolute atomic E-state index is 0.0513. The molecule has 5 nitrogen and oxygen atoms in total. The highest BCUT2D eigenvalue weighted by Gasteiger charge is 2.18. The zero-order chi connectivity index (χ0) is 14.9. The van der Waals surface area contributed by atoms with E-state index in [9.17, 15) is 4.39 Å². The molecule has 0 saturated carbocycles. The summed E-state index contributed by atoms with van der Waals surface area (Å²) in [5, 5.41) is 3.29. The first-order valence-corrected chi connectivity index (χ1v) is 7.23. The number of fused-ring (bicyclic) bond motifs is 1. The zero-order valence-electron chi connectivity index (χ0n) is 11.9. The molecule has 0 spiro atoms. The molecule has 0 aliphatic carbocycles. The summed E-state index contributed by atoms with van der Waals surface area (Å²) in [6.45, 7) is 2.29. The van der Waals surface area contributed by atoms with Crippen LogP contribution in [0.1, 0.15) is 11.8 Å². The summed E-state index contributed by atoms with van der Waals surface area (Å²) in [5.74, 6) is -0.303. The van der Waals surface area contributed by atoms with Crippen molar-refractivity contribution in [2.24, 2.45) is 0 Å². The topological polar surface area (TPSA) is 51.5 Å². The van der Waals surface area contributed by atoms with Gasteiger partial charge in [0.25, 0.3) is 0 Å². The fraction of sp³-hybridized carbons (Fsp3) is 0.250. The minimum atomic E-state index is -0.303. The van der Waals surface area contributed by atoms with Gasteiger partial charge in [-0.15, -0.1) is 0 Å². The molecule has 0 unspecified atom stereocenters. The number of hydrogen-bond acceptors (Lipinski definition) is 4. The second kappa shape index (κ2) is 5.47. The molecule has 1 atom stereocenters. The molecule has 1 aliphatic heterocycles. The van der Waals surface area contributed by atoms with Crippen LogP contribution in [0.3, 0.4) is 0 Å². The molecule has 112 valence electrons. The Morgan fingerprint density at radius 1 is 1.27 bits per heavy atom. The molecule has 1 fully saturated rings. The van der Waals surface area contributed by atoms with E-state index in [4.69, 9.17) is 4.74 Å². The number of ether oxygens (including phenoxy) is 1. The Hall–Kier alpha value is -2.31. The normalized spacial score (nSPS) is 18.7. The van der Waals surface area contributed by atoms with Crippen molar-refractivity contribution in [1.82, 2.24) is 19.7 Å². The van der Waals surface area contributed by atoms with E-state index >= 15 is 0 Å². The van der Waals surface area contributed by atoms with Crippen molar-refractivity contribution in [2.45, 2.75) is 6.10 Å². The van der Waals surface area contributed by atoms with Crippen LogP contribution in [-0.2, 0) is 4.74 Å². The standard InChI is InChI=1S/C16H15FN4O/c17-11-4-5-16-19-8-14(21(16)10-11)12-2-1-3-13(20-12)15-9-18-6-7-22-15/h1-5,8,10,15,18H,6-7,9H2/t15-/m1/s1. The van der Waals surface area contributed by atoms with Crippen molar-refractivity contribution in [3.63, 3.8) is 0 Å². The van der Waals surface area contributed by atoms with Gasteiger partial charge in [0.05, 0.1) is 29.9 Å². The molecule has 1 N–H and O–H groups in total. The van der Waals surface area contributed by atoms with Gasteiger partial charge in [0.15, 0.2) is 0 Å². The van der Waals surface area contributed by atoms with Crippen LogP contribution in [0.4, 0.5) is 4.39 Å². The highest BCUT2D eigenvalue weighted by Crippen LogP contribution is 2.23. The van der Waals surface area contributed by atoms with Gasteiger partial charge in [-0.25, -0.2) is 14.4 Å². The van der Waals surface area contributed by atoms with Gasteiger partial charge >= 0.3 is 0 Å². The lowest BCUT2D eigenvalue weighted by Crippen LogP contribution is -2.33. The molecule has 4 heterocycles. The summed E-state index contributed by atoms with van der Waals surface area (Å²) in [6.07, 6.45) is 3.08. The second-order valence-electron chi connectivity index (χ2n) is 5.23. The van der Waals surface area contributed by atoms with Gasteiger partial charge in [0.1, 0.15) is 17.6 Å². The Bertz CT molecular complexity index is 811. The van der Waals surface area contributed by atoms with Crippen LogP contribution in [0.15, 0.2) is 42.7 Å². The molecule has 3 aromatic rings. The first kappa shape index (κ1) is 13.4. The average molecular weight is 298 g/mol. The number of halogens is 1. The van der Waals surface area contributed by atoms with E-state index in [-0.39, 0.29) is 11.9 Å². The van der Waals surface area contributed by atoms with Crippen molar-refractivity contribution in [1.29, 1.82) is 0 Å². The van der Waals surface area contributed by atoms with Crippen LogP contribution in [0.25, 0.3) is 17.0 Å². The van der Waals surface area contributed by atoms with E-state index in [2.05, 4.69) is 15.3 Å². The Balaban J connectivity index is 1.76. The quantitative estimate of drug-likeness (QED) is 0.788. The molecule has 3 aromatic heterocycles. The largest absolute Gasteiger partial charge is 0.369 e. The van der Waals surface area contributed by atoms with E-state index in [1.54, 1.807) is 16.7 Å². The van der Waals surface area contributed by atoms with Gasteiger partial charge in [0.2, 0.25) is 0 Å². The Morgan fingerprint density at radius 2 is 2.23 bits per heavy atom. The number of rotatable bonds is 2. The Morgan fingerprint density at radius 3 is 3.09 bits per heavy atom. The van der Waals surface area contributed by atoms with Gasteiger partial charge in [-0.3, -0.25) is 4.40 Å². The van der Waals surface area contributed by atoms with Crippen LogP contribution in [0, 0.1) is 5.82 Å². The zero-order valence-corrected chi connectivity index (χ0v) is 11.9. The number of nitrogens with one attached hydrogen (secondary N) is 1. The summed E-state index contributed by atoms with van der Waals surface area (Å²) >= 11 is 0. The van der Waals surface area contributed by atoms with Gasteiger partial charge in [-0.1, -0.05) is 6.07 Å². The van der Waals surface area contributed by atoms with E-state index in [1.807, 2.05) is 18.2 Å². The molecule has 1 saturated heterocycles. The van der Waals surface area contributed by atoms with Gasteiger partial charge in [0, 0.05) is 19.3 Å². The molecular formula is C16H15FN4O. The number of pyridine rings is 2. The van der Waals surface area contributed by atoms with Crippen LogP contribution < -0.4 is 5.32 Å². The molecule has 22 heavy (non-hydrogen) atoms. The molecule has 0 bridgehead atoms. The molecular weight excluding hydrogens is 283 g/mol. The van der Waals surface area contributed by atoms with Crippen molar-refractivity contribution in [3.8, 4) is 11.4 Å². The van der Waals surface area contributed by atoms with Crippen LogP contribution in [-0.4, -0.2) is 34.1 Å². The third kappa shape index (κ3) is 2.36. The molecule has 0 radical (unpaired) electrons. The number of nitrogens with zero attached hydrogens (tertiary/aromatic N) is 3. The summed E-state index contributed by atoms with van der Waals surface area (Å²) in [6, 6.07) is 8.84. The van der Waals surface area contributed by atoms with E-state index in [0.29, 0.717) is 12.3 Å². The Labute approximate surface area is 126 Å². The van der Waals surface area contributed by atoms with E-state index in [1.165, 1.54) is 12.3 Å². The van der Waals surface area contributed by atoms with E-state index in [0.717, 1.165) is 30.2 Å². The van der Waals surface area contributed by atoms with Gasteiger partial charge in [-0.05, 0) is 24.3 Å². The molecule has 4 rings (SSSR count). The third-order valence-corrected chi connectivity index (χ3v) is 3.76. The lowest BCUT2D eigenvalue weighted by Gasteiger charge is -2.23. The minimum Gasteiger partial charge on any atom is -0.369 e. The fourth-order valence-electron chi connectivity index (χ4n) is 2.67. The predicted molar refractivity (Wildman–Crippen MR) is 79.9 cm³/mol. The van der Waals surface area contributed by atoms with E-state index < -0.39 is 0 Å². The van der Waals surface area contributed by atoms with Crippen LogP contribution in [0.5, 0.6) is 0 Å². The summed E-state index contributed by atoms with van der Waals surface area (Å²) in [7, 11) is 0. The highest BCUT2D eigenvalue weighted by molar-refractivity contribution is 5.60. The monoisotopic (exact) mass is 298 g/mol. The fourth-order valence-corrected chi connectivity index (χ4v) is 2.67. The highest BCUT2D eigenvalue weighted by atomic mass is 19.1. The number of aromatic nitrogens is 3. The molecule has 6 heteroatoms. The van der Waals surface area contributed by atoms with Crippen molar-refractivity contribution in [2.75, 3.05) is 19.7 Å². The lowest BCUT2D eigenvalue weighted by molar-refractivity contribution is 0.0251. The van der Waals surface area contributed by atoms with Gasteiger partial charge in [-0.2, -0.15) is 0 Å². The number of morpholine rings is 1. The van der Waals surface area contributed by atoms with Crippen molar-refractivity contribution < 1.29 is 9.13 Å². The average Bonchev–Trinajstić information content (AvgIpc) is 2.99. The van der Waals surface area contributed by atoms with Crippen molar-refractivity contribution in [3.05, 3.63) is 54.2 Å². The SMILES string of the molecule is Fc1ccc2ncc(-c3cccc([C@H]4CNCCO4)n3)n2c1. The molecule has 0 aromatic carbocycles.